The Hall–Kier alpha value is -3.96. The first-order valence-corrected chi connectivity index (χ1v) is 11.2. The van der Waals surface area contributed by atoms with Gasteiger partial charge >= 0.3 is 0 Å². The van der Waals surface area contributed by atoms with E-state index in [0.29, 0.717) is 16.8 Å². The second-order valence-corrected chi connectivity index (χ2v) is 8.98. The van der Waals surface area contributed by atoms with Gasteiger partial charge in [-0.2, -0.15) is 10.4 Å². The number of benzene rings is 3. The summed E-state index contributed by atoms with van der Waals surface area (Å²) in [6, 6.07) is 21.9. The molecule has 1 amide bonds. The van der Waals surface area contributed by atoms with Crippen molar-refractivity contribution >= 4 is 27.8 Å². The molecule has 0 unspecified atom stereocenters. The van der Waals surface area contributed by atoms with Crippen molar-refractivity contribution in [3.8, 4) is 6.07 Å². The molecule has 3 aromatic carbocycles. The first-order chi connectivity index (χ1) is 15.3. The number of amides is 1. The van der Waals surface area contributed by atoms with E-state index in [0.717, 1.165) is 15.4 Å². The van der Waals surface area contributed by atoms with Crippen molar-refractivity contribution in [3.05, 3.63) is 95.1 Å². The second kappa shape index (κ2) is 9.90. The van der Waals surface area contributed by atoms with E-state index in [1.54, 1.807) is 54.6 Å². The highest BCUT2D eigenvalue weighted by Gasteiger charge is 2.27. The molecular formula is C24H22N4O3S. The third-order valence-electron chi connectivity index (χ3n) is 4.84. The molecule has 0 fully saturated rings. The van der Waals surface area contributed by atoms with Gasteiger partial charge < -0.3 is 0 Å². The maximum Gasteiger partial charge on any atom is 0.264 e. The summed E-state index contributed by atoms with van der Waals surface area (Å²) in [6.45, 7) is 3.37. The normalized spacial score (nSPS) is 11.2. The zero-order valence-electron chi connectivity index (χ0n) is 17.7. The number of anilines is 1. The Morgan fingerprint density at radius 2 is 1.72 bits per heavy atom. The summed E-state index contributed by atoms with van der Waals surface area (Å²) in [5, 5.41) is 12.7. The van der Waals surface area contributed by atoms with E-state index in [4.69, 9.17) is 5.26 Å². The van der Waals surface area contributed by atoms with E-state index in [9.17, 15) is 13.2 Å². The Kier molecular flexibility index (Phi) is 7.03. The fraction of sp³-hybridized carbons (Fsp3) is 0.125. The number of carbonyl (C=O) groups excluding carboxylic acids is 1. The predicted molar refractivity (Wildman–Crippen MR) is 124 cm³/mol. The zero-order chi connectivity index (χ0) is 23.1. The zero-order valence-corrected chi connectivity index (χ0v) is 18.5. The third kappa shape index (κ3) is 5.39. The SMILES string of the molecule is Cc1ccc(N(CC(=O)N/N=C/c2ccc(C#N)cc2)S(=O)(=O)c2ccccc2)cc1C. The van der Waals surface area contributed by atoms with Crippen LogP contribution in [0.3, 0.4) is 0 Å². The Bertz CT molecular complexity index is 1280. The van der Waals surface area contributed by atoms with Gasteiger partial charge in [0.1, 0.15) is 6.54 Å². The fourth-order valence-electron chi connectivity index (χ4n) is 2.90. The van der Waals surface area contributed by atoms with Crippen molar-refractivity contribution in [1.29, 1.82) is 5.26 Å². The molecule has 0 atom stereocenters. The molecule has 0 bridgehead atoms. The van der Waals surface area contributed by atoms with Crippen LogP contribution in [0.15, 0.2) is 82.8 Å². The molecule has 3 aromatic rings. The van der Waals surface area contributed by atoms with Gasteiger partial charge in [-0.1, -0.05) is 36.4 Å². The highest BCUT2D eigenvalue weighted by Crippen LogP contribution is 2.25. The molecule has 0 heterocycles. The fourth-order valence-corrected chi connectivity index (χ4v) is 4.34. The van der Waals surface area contributed by atoms with Gasteiger partial charge in [0.05, 0.1) is 28.4 Å². The Labute approximate surface area is 187 Å². The summed E-state index contributed by atoms with van der Waals surface area (Å²) in [5.74, 6) is -0.590. The van der Waals surface area contributed by atoms with E-state index in [-0.39, 0.29) is 4.90 Å². The van der Waals surface area contributed by atoms with Crippen LogP contribution in [0, 0.1) is 25.2 Å². The summed E-state index contributed by atoms with van der Waals surface area (Å²) in [6.07, 6.45) is 1.42. The molecule has 0 spiro atoms. The molecule has 0 aliphatic carbocycles. The molecule has 0 aliphatic heterocycles. The molecule has 3 rings (SSSR count). The van der Waals surface area contributed by atoms with Crippen molar-refractivity contribution in [3.63, 3.8) is 0 Å². The first kappa shape index (κ1) is 22.7. The second-order valence-electron chi connectivity index (χ2n) is 7.12. The monoisotopic (exact) mass is 446 g/mol. The number of hydrogen-bond donors (Lipinski definition) is 1. The number of hydrogen-bond acceptors (Lipinski definition) is 5. The van der Waals surface area contributed by atoms with Crippen LogP contribution in [0.4, 0.5) is 5.69 Å². The maximum atomic E-state index is 13.3. The Balaban J connectivity index is 1.83. The summed E-state index contributed by atoms with van der Waals surface area (Å²) in [7, 11) is -3.97. The molecular weight excluding hydrogens is 424 g/mol. The molecule has 0 saturated heterocycles. The summed E-state index contributed by atoms with van der Waals surface area (Å²) >= 11 is 0. The highest BCUT2D eigenvalue weighted by atomic mass is 32.2. The average molecular weight is 447 g/mol. The van der Waals surface area contributed by atoms with Crippen molar-refractivity contribution in [2.75, 3.05) is 10.8 Å². The van der Waals surface area contributed by atoms with E-state index in [2.05, 4.69) is 10.5 Å². The number of nitrogens with zero attached hydrogens (tertiary/aromatic N) is 3. The number of hydrazone groups is 1. The topological polar surface area (TPSA) is 103 Å². The molecule has 0 aliphatic rings. The van der Waals surface area contributed by atoms with Gasteiger partial charge in [0, 0.05) is 0 Å². The molecule has 0 radical (unpaired) electrons. The average Bonchev–Trinajstić information content (AvgIpc) is 2.80. The largest absolute Gasteiger partial charge is 0.271 e. The predicted octanol–water partition coefficient (Wildman–Crippen LogP) is 3.52. The molecule has 0 aromatic heterocycles. The summed E-state index contributed by atoms with van der Waals surface area (Å²) in [5.41, 5.74) is 5.89. The standard InChI is InChI=1S/C24H22N4O3S/c1-18-8-13-22(14-19(18)2)28(32(30,31)23-6-4-3-5-7-23)17-24(29)27-26-16-21-11-9-20(15-25)10-12-21/h3-14,16H,17H2,1-2H3,(H,27,29)/b26-16+. The van der Waals surface area contributed by atoms with Gasteiger partial charge in [0.15, 0.2) is 0 Å². The molecule has 162 valence electrons. The first-order valence-electron chi connectivity index (χ1n) is 9.78. The molecule has 1 N–H and O–H groups in total. The number of rotatable bonds is 7. The Morgan fingerprint density at radius 1 is 1.03 bits per heavy atom. The number of nitriles is 1. The molecule has 7 nitrogen and oxygen atoms in total. The van der Waals surface area contributed by atoms with E-state index < -0.39 is 22.5 Å². The van der Waals surface area contributed by atoms with E-state index in [1.807, 2.05) is 26.0 Å². The number of sulfonamides is 1. The van der Waals surface area contributed by atoms with Crippen LogP contribution in [-0.2, 0) is 14.8 Å². The molecule has 8 heteroatoms. The lowest BCUT2D eigenvalue weighted by molar-refractivity contribution is -0.119. The van der Waals surface area contributed by atoms with Crippen molar-refractivity contribution in [1.82, 2.24) is 5.43 Å². The minimum Gasteiger partial charge on any atom is -0.271 e. The Morgan fingerprint density at radius 3 is 2.34 bits per heavy atom. The van der Waals surface area contributed by atoms with Crippen LogP contribution in [0.5, 0.6) is 0 Å². The van der Waals surface area contributed by atoms with Crippen LogP contribution in [0.1, 0.15) is 22.3 Å². The van der Waals surface area contributed by atoms with Crippen LogP contribution in [-0.4, -0.2) is 27.1 Å². The van der Waals surface area contributed by atoms with Gasteiger partial charge in [0.2, 0.25) is 0 Å². The van der Waals surface area contributed by atoms with E-state index >= 15 is 0 Å². The smallest absolute Gasteiger partial charge is 0.264 e. The van der Waals surface area contributed by atoms with Crippen LogP contribution < -0.4 is 9.73 Å². The van der Waals surface area contributed by atoms with Crippen LogP contribution >= 0.6 is 0 Å². The third-order valence-corrected chi connectivity index (χ3v) is 6.63. The lowest BCUT2D eigenvalue weighted by atomic mass is 10.1. The van der Waals surface area contributed by atoms with Gasteiger partial charge in [-0.3, -0.25) is 9.10 Å². The quantitative estimate of drug-likeness (QED) is 0.443. The van der Waals surface area contributed by atoms with Crippen molar-refractivity contribution in [2.24, 2.45) is 5.10 Å². The van der Waals surface area contributed by atoms with Gasteiger partial charge in [-0.25, -0.2) is 13.8 Å². The van der Waals surface area contributed by atoms with E-state index in [1.165, 1.54) is 18.3 Å². The lowest BCUT2D eigenvalue weighted by Crippen LogP contribution is -2.39. The summed E-state index contributed by atoms with van der Waals surface area (Å²) in [4.78, 5) is 12.7. The lowest BCUT2D eigenvalue weighted by Gasteiger charge is -2.24. The molecule has 0 saturated carbocycles. The molecule has 32 heavy (non-hydrogen) atoms. The maximum absolute atomic E-state index is 13.3. The minimum absolute atomic E-state index is 0.0899. The van der Waals surface area contributed by atoms with Gasteiger partial charge in [-0.15, -0.1) is 0 Å². The van der Waals surface area contributed by atoms with Crippen LogP contribution in [0.25, 0.3) is 0 Å². The van der Waals surface area contributed by atoms with Crippen molar-refractivity contribution in [2.45, 2.75) is 18.7 Å². The van der Waals surface area contributed by atoms with Crippen LogP contribution in [0.2, 0.25) is 0 Å². The summed E-state index contributed by atoms with van der Waals surface area (Å²) < 4.78 is 27.7. The number of carbonyl (C=O) groups is 1. The number of aryl methyl sites for hydroxylation is 2. The van der Waals surface area contributed by atoms with Gasteiger partial charge in [0.25, 0.3) is 15.9 Å². The van der Waals surface area contributed by atoms with Gasteiger partial charge in [-0.05, 0) is 66.9 Å². The number of nitrogens with one attached hydrogen (secondary N) is 1. The minimum atomic E-state index is -3.97. The van der Waals surface area contributed by atoms with Crippen molar-refractivity contribution < 1.29 is 13.2 Å². The highest BCUT2D eigenvalue weighted by molar-refractivity contribution is 7.92.